The van der Waals surface area contributed by atoms with Crippen molar-refractivity contribution in [1.29, 1.82) is 0 Å². The lowest BCUT2D eigenvalue weighted by Gasteiger charge is -2.57. The summed E-state index contributed by atoms with van der Waals surface area (Å²) in [5.74, 6) is 4.05. The van der Waals surface area contributed by atoms with E-state index >= 15 is 0 Å². The zero-order valence-corrected chi connectivity index (χ0v) is 13.0. The molecule has 2 atom stereocenters. The molecular weight excluding hydrogens is 230 g/mol. The third-order valence-electron chi connectivity index (χ3n) is 6.35. The van der Waals surface area contributed by atoms with E-state index in [1.165, 1.54) is 44.9 Å². The van der Waals surface area contributed by atoms with Gasteiger partial charge in [0.1, 0.15) is 0 Å². The van der Waals surface area contributed by atoms with Gasteiger partial charge in [0.05, 0.1) is 0 Å². The number of hydrogen-bond donors (Lipinski definition) is 1. The van der Waals surface area contributed by atoms with E-state index in [1.54, 1.807) is 19.3 Å². The molecule has 0 aromatic heterocycles. The van der Waals surface area contributed by atoms with Crippen LogP contribution in [0.4, 0.5) is 0 Å². The molecule has 1 heteroatoms. The lowest BCUT2D eigenvalue weighted by molar-refractivity contribution is -0.0611. The standard InChI is InChI=1S/C18H33N/c1-3-4-13(2)5-17(19)12-18-9-14-6-15(10-18)8-16(7-14)11-18/h13-17H,3-12,19H2,1-2H3. The lowest BCUT2D eigenvalue weighted by Crippen LogP contribution is -2.48. The molecule has 2 N–H and O–H groups in total. The number of hydrogen-bond acceptors (Lipinski definition) is 1. The van der Waals surface area contributed by atoms with Crippen LogP contribution in [0.3, 0.4) is 0 Å². The van der Waals surface area contributed by atoms with Crippen LogP contribution in [0.15, 0.2) is 0 Å². The van der Waals surface area contributed by atoms with Gasteiger partial charge in [0.2, 0.25) is 0 Å². The van der Waals surface area contributed by atoms with E-state index in [9.17, 15) is 0 Å². The molecule has 0 aromatic rings. The minimum absolute atomic E-state index is 0.470. The Bertz CT molecular complexity index is 274. The Hall–Kier alpha value is -0.0400. The molecule has 0 saturated heterocycles. The highest BCUT2D eigenvalue weighted by Crippen LogP contribution is 2.61. The van der Waals surface area contributed by atoms with Crippen LogP contribution in [0.1, 0.15) is 78.1 Å². The van der Waals surface area contributed by atoms with Gasteiger partial charge in [-0.3, -0.25) is 0 Å². The van der Waals surface area contributed by atoms with Gasteiger partial charge in [-0.05, 0) is 80.5 Å². The summed E-state index contributed by atoms with van der Waals surface area (Å²) in [6, 6.07) is 0.470. The summed E-state index contributed by atoms with van der Waals surface area (Å²) in [6.45, 7) is 4.68. The van der Waals surface area contributed by atoms with Crippen LogP contribution in [-0.4, -0.2) is 6.04 Å². The lowest BCUT2D eigenvalue weighted by atomic mass is 9.48. The predicted octanol–water partition coefficient (Wildman–Crippen LogP) is 4.75. The van der Waals surface area contributed by atoms with E-state index in [4.69, 9.17) is 5.73 Å². The molecule has 4 rings (SSSR count). The Balaban J connectivity index is 1.57. The first-order valence-corrected chi connectivity index (χ1v) is 8.84. The third-order valence-corrected chi connectivity index (χ3v) is 6.35. The predicted molar refractivity (Wildman–Crippen MR) is 81.9 cm³/mol. The highest BCUT2D eigenvalue weighted by Gasteiger charge is 2.50. The van der Waals surface area contributed by atoms with Crippen molar-refractivity contribution in [3.63, 3.8) is 0 Å². The first-order chi connectivity index (χ1) is 9.08. The normalized spacial score (nSPS) is 43.4. The minimum atomic E-state index is 0.470. The SMILES string of the molecule is CCCC(C)CC(N)CC12CC3CC(CC(C3)C1)C2. The molecule has 0 heterocycles. The Morgan fingerprint density at radius 2 is 1.58 bits per heavy atom. The van der Waals surface area contributed by atoms with E-state index in [2.05, 4.69) is 13.8 Å². The molecule has 110 valence electrons. The van der Waals surface area contributed by atoms with Gasteiger partial charge in [0.25, 0.3) is 0 Å². The quantitative estimate of drug-likeness (QED) is 0.735. The summed E-state index contributed by atoms with van der Waals surface area (Å²) in [5, 5.41) is 0. The van der Waals surface area contributed by atoms with Gasteiger partial charge in [0, 0.05) is 6.04 Å². The minimum Gasteiger partial charge on any atom is -0.328 e. The molecule has 0 amide bonds. The van der Waals surface area contributed by atoms with Gasteiger partial charge in [-0.25, -0.2) is 0 Å². The molecule has 4 bridgehead atoms. The Labute approximate surface area is 119 Å². The molecular formula is C18H33N. The molecule has 19 heavy (non-hydrogen) atoms. The van der Waals surface area contributed by atoms with Crippen molar-refractivity contribution in [3.8, 4) is 0 Å². The van der Waals surface area contributed by atoms with E-state index in [0.717, 1.165) is 23.7 Å². The second kappa shape index (κ2) is 5.39. The summed E-state index contributed by atoms with van der Waals surface area (Å²) < 4.78 is 0. The maximum absolute atomic E-state index is 6.53. The number of rotatable bonds is 6. The van der Waals surface area contributed by atoms with E-state index in [0.29, 0.717) is 11.5 Å². The molecule has 4 saturated carbocycles. The molecule has 4 fully saturated rings. The fourth-order valence-corrected chi connectivity index (χ4v) is 6.31. The van der Waals surface area contributed by atoms with Crippen molar-refractivity contribution in [2.45, 2.75) is 84.1 Å². The highest BCUT2D eigenvalue weighted by molar-refractivity contribution is 5.02. The van der Waals surface area contributed by atoms with Gasteiger partial charge in [-0.1, -0.05) is 26.7 Å². The average Bonchev–Trinajstić information content (AvgIpc) is 2.25. The van der Waals surface area contributed by atoms with Crippen LogP contribution in [0.25, 0.3) is 0 Å². The molecule has 4 aliphatic carbocycles. The molecule has 0 aliphatic heterocycles. The maximum atomic E-state index is 6.53. The van der Waals surface area contributed by atoms with E-state index < -0.39 is 0 Å². The van der Waals surface area contributed by atoms with Crippen LogP contribution < -0.4 is 5.73 Å². The molecule has 0 aromatic carbocycles. The molecule has 0 radical (unpaired) electrons. The van der Waals surface area contributed by atoms with Gasteiger partial charge in [0.15, 0.2) is 0 Å². The fraction of sp³-hybridized carbons (Fsp3) is 1.00. The van der Waals surface area contributed by atoms with Crippen molar-refractivity contribution < 1.29 is 0 Å². The maximum Gasteiger partial charge on any atom is 0.00466 e. The molecule has 4 aliphatic rings. The second-order valence-electron chi connectivity index (χ2n) is 8.51. The van der Waals surface area contributed by atoms with Crippen molar-refractivity contribution in [2.75, 3.05) is 0 Å². The monoisotopic (exact) mass is 263 g/mol. The van der Waals surface area contributed by atoms with Gasteiger partial charge in [-0.15, -0.1) is 0 Å². The average molecular weight is 263 g/mol. The summed E-state index contributed by atoms with van der Waals surface area (Å²) in [4.78, 5) is 0. The third kappa shape index (κ3) is 3.01. The van der Waals surface area contributed by atoms with Gasteiger partial charge >= 0.3 is 0 Å². The molecule has 2 unspecified atom stereocenters. The zero-order valence-electron chi connectivity index (χ0n) is 13.0. The smallest absolute Gasteiger partial charge is 0.00466 e. The summed E-state index contributed by atoms with van der Waals surface area (Å²) in [5.41, 5.74) is 7.21. The highest BCUT2D eigenvalue weighted by atomic mass is 14.7. The fourth-order valence-electron chi connectivity index (χ4n) is 6.31. The Kier molecular flexibility index (Phi) is 3.95. The Morgan fingerprint density at radius 1 is 1.05 bits per heavy atom. The van der Waals surface area contributed by atoms with Crippen molar-refractivity contribution >= 4 is 0 Å². The topological polar surface area (TPSA) is 26.0 Å². The van der Waals surface area contributed by atoms with E-state index in [-0.39, 0.29) is 0 Å². The summed E-state index contributed by atoms with van der Waals surface area (Å²) in [7, 11) is 0. The van der Waals surface area contributed by atoms with Crippen LogP contribution in [0.2, 0.25) is 0 Å². The van der Waals surface area contributed by atoms with Crippen LogP contribution >= 0.6 is 0 Å². The summed E-state index contributed by atoms with van der Waals surface area (Å²) >= 11 is 0. The Morgan fingerprint density at radius 3 is 2.05 bits per heavy atom. The van der Waals surface area contributed by atoms with Crippen LogP contribution in [0.5, 0.6) is 0 Å². The van der Waals surface area contributed by atoms with Crippen molar-refractivity contribution in [1.82, 2.24) is 0 Å². The van der Waals surface area contributed by atoms with Crippen LogP contribution in [-0.2, 0) is 0 Å². The first kappa shape index (κ1) is 13.9. The van der Waals surface area contributed by atoms with Gasteiger partial charge < -0.3 is 5.73 Å². The van der Waals surface area contributed by atoms with Crippen LogP contribution in [0, 0.1) is 29.1 Å². The van der Waals surface area contributed by atoms with Crippen molar-refractivity contribution in [3.05, 3.63) is 0 Å². The van der Waals surface area contributed by atoms with E-state index in [1.807, 2.05) is 0 Å². The van der Waals surface area contributed by atoms with Crippen molar-refractivity contribution in [2.24, 2.45) is 34.8 Å². The number of nitrogens with two attached hydrogens (primary N) is 1. The zero-order chi connectivity index (χ0) is 13.5. The molecule has 0 spiro atoms. The van der Waals surface area contributed by atoms with Gasteiger partial charge in [-0.2, -0.15) is 0 Å². The first-order valence-electron chi connectivity index (χ1n) is 8.84. The second-order valence-corrected chi connectivity index (χ2v) is 8.51. The summed E-state index contributed by atoms with van der Waals surface area (Å²) in [6.07, 6.45) is 14.5. The molecule has 1 nitrogen and oxygen atoms in total. The largest absolute Gasteiger partial charge is 0.328 e.